The van der Waals surface area contributed by atoms with Crippen molar-refractivity contribution in [3.05, 3.63) is 47.9 Å². The van der Waals surface area contributed by atoms with E-state index in [1.807, 2.05) is 0 Å². The molecule has 3 N–H and O–H groups in total. The first-order valence-corrected chi connectivity index (χ1v) is 10.1. The number of rotatable bonds is 4. The monoisotopic (exact) mass is 397 g/mol. The second kappa shape index (κ2) is 6.29. The quantitative estimate of drug-likeness (QED) is 0.711. The number of fused-ring (bicyclic) bond motifs is 2. The summed E-state index contributed by atoms with van der Waals surface area (Å²) in [6, 6.07) is 10.7. The van der Waals surface area contributed by atoms with Gasteiger partial charge in [-0.1, -0.05) is 30.3 Å². The summed E-state index contributed by atoms with van der Waals surface area (Å²) in [6.07, 6.45) is 7.89. The highest BCUT2D eigenvalue weighted by atomic mass is 16.6. The first kappa shape index (κ1) is 18.6. The molecule has 0 amide bonds. The molecule has 0 aromatic heterocycles. The Hall–Kier alpha value is -2.42. The zero-order chi connectivity index (χ0) is 20.3. The number of ether oxygens (including phenoxy) is 1. The molecule has 3 heterocycles. The van der Waals surface area contributed by atoms with Crippen molar-refractivity contribution in [2.75, 3.05) is 14.1 Å². The Labute approximate surface area is 170 Å². The van der Waals surface area contributed by atoms with Crippen molar-refractivity contribution in [1.82, 2.24) is 20.7 Å². The number of nitrogens with one attached hydrogen (secondary N) is 2. The lowest BCUT2D eigenvalue weighted by Gasteiger charge is -2.49. The summed E-state index contributed by atoms with van der Waals surface area (Å²) < 4.78 is 5.54. The van der Waals surface area contributed by atoms with Crippen LogP contribution < -0.4 is 10.9 Å². The standard InChI is InChI=1S/C21H27N5O3/c1-25(2)20(15-6-4-3-5-7-15)10-8-19(9-11-20)12-17(23-24-19)26-14-16-13-22-21(26,29-16)18(27)28/h3-7,13-14,17,23-24H,8-12H2,1-2H3,(H,27,28)/t17-,19?,20?,21?/m1/s1. The van der Waals surface area contributed by atoms with Gasteiger partial charge in [-0.15, -0.1) is 0 Å². The van der Waals surface area contributed by atoms with E-state index < -0.39 is 11.8 Å². The first-order chi connectivity index (χ1) is 13.9. The van der Waals surface area contributed by atoms with Crippen LogP contribution >= 0.6 is 0 Å². The van der Waals surface area contributed by atoms with E-state index in [1.165, 1.54) is 11.8 Å². The molecule has 0 radical (unpaired) electrons. The Bertz CT molecular complexity index is 876. The summed E-state index contributed by atoms with van der Waals surface area (Å²) in [6.45, 7) is 0. The van der Waals surface area contributed by atoms with Crippen molar-refractivity contribution in [1.29, 1.82) is 0 Å². The summed E-state index contributed by atoms with van der Waals surface area (Å²) in [7, 11) is 4.32. The fraction of sp³-hybridized carbons (Fsp3) is 0.524. The molecular weight excluding hydrogens is 370 g/mol. The predicted molar refractivity (Wildman–Crippen MR) is 108 cm³/mol. The summed E-state index contributed by atoms with van der Waals surface area (Å²) >= 11 is 0. The molecule has 1 spiro atoms. The van der Waals surface area contributed by atoms with Gasteiger partial charge in [-0.2, -0.15) is 0 Å². The van der Waals surface area contributed by atoms with E-state index in [2.05, 4.69) is 65.2 Å². The third-order valence-electron chi connectivity index (χ3n) is 7.15. The molecule has 2 atom stereocenters. The van der Waals surface area contributed by atoms with Gasteiger partial charge < -0.3 is 9.84 Å². The maximum atomic E-state index is 11.9. The Morgan fingerprint density at radius 3 is 2.59 bits per heavy atom. The van der Waals surface area contributed by atoms with Gasteiger partial charge in [0.05, 0.1) is 18.6 Å². The van der Waals surface area contributed by atoms with E-state index in [0.29, 0.717) is 5.76 Å². The van der Waals surface area contributed by atoms with Crippen LogP contribution in [0.4, 0.5) is 0 Å². The molecular formula is C21H27N5O3. The summed E-state index contributed by atoms with van der Waals surface area (Å²) in [4.78, 5) is 20.0. The van der Waals surface area contributed by atoms with E-state index >= 15 is 0 Å². The Kier molecular flexibility index (Phi) is 4.03. The molecule has 2 fully saturated rings. The number of aliphatic carboxylic acids is 1. The first-order valence-electron chi connectivity index (χ1n) is 10.1. The molecule has 1 saturated carbocycles. The van der Waals surface area contributed by atoms with Gasteiger partial charge in [0.25, 0.3) is 0 Å². The van der Waals surface area contributed by atoms with Crippen LogP contribution in [-0.2, 0) is 15.1 Å². The Morgan fingerprint density at radius 2 is 1.97 bits per heavy atom. The van der Waals surface area contributed by atoms with E-state index in [1.54, 1.807) is 11.1 Å². The van der Waals surface area contributed by atoms with E-state index in [4.69, 9.17) is 4.74 Å². The highest BCUT2D eigenvalue weighted by Gasteiger charge is 2.59. The fourth-order valence-electron chi connectivity index (χ4n) is 5.37. The van der Waals surface area contributed by atoms with Gasteiger partial charge in [0.1, 0.15) is 0 Å². The normalized spacial score (nSPS) is 38.0. The lowest BCUT2D eigenvalue weighted by molar-refractivity contribution is -0.173. The minimum atomic E-state index is -1.66. The third-order valence-corrected chi connectivity index (χ3v) is 7.15. The SMILES string of the molecule is CN(C)C1(c2ccccc2)CCC2(CC1)C[C@@H](N1C=C3C=NC1(C(=O)O)O3)NN2. The predicted octanol–water partition coefficient (Wildman–Crippen LogP) is 1.58. The maximum Gasteiger partial charge on any atom is 0.396 e. The van der Waals surface area contributed by atoms with Gasteiger partial charge in [-0.3, -0.25) is 9.80 Å². The lowest BCUT2D eigenvalue weighted by Crippen LogP contribution is -2.56. The third kappa shape index (κ3) is 2.63. The molecule has 1 aromatic carbocycles. The molecule has 8 nitrogen and oxygen atoms in total. The minimum Gasteiger partial charge on any atom is -0.475 e. The number of hydrazine groups is 1. The van der Waals surface area contributed by atoms with E-state index in [9.17, 15) is 9.90 Å². The molecule has 2 bridgehead atoms. The van der Waals surface area contributed by atoms with Crippen LogP contribution in [0.2, 0.25) is 0 Å². The number of carbonyl (C=O) groups is 1. The van der Waals surface area contributed by atoms with Crippen LogP contribution in [0.3, 0.4) is 0 Å². The Balaban J connectivity index is 1.33. The zero-order valence-electron chi connectivity index (χ0n) is 16.8. The molecule has 1 aromatic rings. The molecule has 154 valence electrons. The molecule has 3 aliphatic heterocycles. The molecule has 1 saturated heterocycles. The van der Waals surface area contributed by atoms with Crippen LogP contribution in [0.5, 0.6) is 0 Å². The van der Waals surface area contributed by atoms with Crippen molar-refractivity contribution >= 4 is 12.2 Å². The van der Waals surface area contributed by atoms with Gasteiger partial charge in [0.15, 0.2) is 5.76 Å². The second-order valence-electron chi connectivity index (χ2n) is 8.77. The lowest BCUT2D eigenvalue weighted by atomic mass is 9.68. The summed E-state index contributed by atoms with van der Waals surface area (Å²) in [5.41, 5.74) is 8.14. The number of benzene rings is 1. The van der Waals surface area contributed by atoms with Gasteiger partial charge >= 0.3 is 11.8 Å². The Morgan fingerprint density at radius 1 is 1.24 bits per heavy atom. The number of hydrogen-bond acceptors (Lipinski definition) is 7. The highest BCUT2D eigenvalue weighted by molar-refractivity contribution is 5.89. The van der Waals surface area contributed by atoms with Gasteiger partial charge in [0, 0.05) is 17.5 Å². The number of hydrogen-bond donors (Lipinski definition) is 3. The molecule has 8 heteroatoms. The van der Waals surface area contributed by atoms with E-state index in [-0.39, 0.29) is 17.2 Å². The van der Waals surface area contributed by atoms with Gasteiger partial charge in [0.2, 0.25) is 0 Å². The van der Waals surface area contributed by atoms with Crippen molar-refractivity contribution in [2.24, 2.45) is 4.99 Å². The number of nitrogens with zero attached hydrogens (tertiary/aromatic N) is 3. The number of allylic oxidation sites excluding steroid dienone is 1. The highest BCUT2D eigenvalue weighted by Crippen LogP contribution is 2.48. The second-order valence-corrected chi connectivity index (χ2v) is 8.77. The molecule has 5 rings (SSSR count). The molecule has 1 aliphatic carbocycles. The van der Waals surface area contributed by atoms with Crippen LogP contribution in [0.25, 0.3) is 0 Å². The van der Waals surface area contributed by atoms with Crippen LogP contribution in [0.1, 0.15) is 37.7 Å². The van der Waals surface area contributed by atoms with Crippen molar-refractivity contribution < 1.29 is 14.6 Å². The summed E-state index contributed by atoms with van der Waals surface area (Å²) in [5.74, 6) is -2.26. The number of aliphatic imine (C=N–C) groups is 1. The minimum absolute atomic E-state index is 0.0245. The maximum absolute atomic E-state index is 11.9. The topological polar surface area (TPSA) is 89.4 Å². The summed E-state index contributed by atoms with van der Waals surface area (Å²) in [5, 5.41) is 9.71. The molecule has 29 heavy (non-hydrogen) atoms. The largest absolute Gasteiger partial charge is 0.475 e. The van der Waals surface area contributed by atoms with Crippen molar-refractivity contribution in [3.8, 4) is 0 Å². The zero-order valence-corrected chi connectivity index (χ0v) is 16.8. The number of carboxylic acid groups (broad SMARTS) is 1. The average molecular weight is 397 g/mol. The van der Waals surface area contributed by atoms with E-state index in [0.717, 1.165) is 32.1 Å². The van der Waals surface area contributed by atoms with Gasteiger partial charge in [-0.05, 0) is 45.3 Å². The fourth-order valence-corrected chi connectivity index (χ4v) is 5.37. The van der Waals surface area contributed by atoms with Crippen LogP contribution in [-0.4, -0.2) is 58.7 Å². The molecule has 1 unspecified atom stereocenters. The van der Waals surface area contributed by atoms with Crippen molar-refractivity contribution in [2.45, 2.75) is 55.2 Å². The average Bonchev–Trinajstić information content (AvgIpc) is 3.43. The van der Waals surface area contributed by atoms with Crippen LogP contribution in [0.15, 0.2) is 47.3 Å². The number of carboxylic acids is 1. The van der Waals surface area contributed by atoms with Gasteiger partial charge in [-0.25, -0.2) is 20.6 Å². The molecule has 4 aliphatic rings. The smallest absolute Gasteiger partial charge is 0.396 e. The van der Waals surface area contributed by atoms with Crippen LogP contribution in [0, 0.1) is 0 Å². The van der Waals surface area contributed by atoms with Crippen molar-refractivity contribution in [3.63, 3.8) is 0 Å².